The molecule has 1 unspecified atom stereocenters. The van der Waals surface area contributed by atoms with Gasteiger partial charge >= 0.3 is 0 Å². The Morgan fingerprint density at radius 3 is 2.50 bits per heavy atom. The third-order valence-electron chi connectivity index (χ3n) is 3.69. The van der Waals surface area contributed by atoms with E-state index < -0.39 is 6.10 Å². The Kier molecular flexibility index (Phi) is 6.30. The first kappa shape index (κ1) is 16.8. The highest BCUT2D eigenvalue weighted by Crippen LogP contribution is 2.29. The van der Waals surface area contributed by atoms with Gasteiger partial charge in [-0.3, -0.25) is 0 Å². The predicted molar refractivity (Wildman–Crippen MR) is 81.4 cm³/mol. The molecule has 0 aliphatic carbocycles. The molecule has 0 radical (unpaired) electrons. The fraction of sp³-hybridized carbons (Fsp3) is 0.625. The second kappa shape index (κ2) is 7.50. The molecule has 20 heavy (non-hydrogen) atoms. The second-order valence-corrected chi connectivity index (χ2v) is 5.77. The van der Waals surface area contributed by atoms with Crippen molar-refractivity contribution in [3.63, 3.8) is 0 Å². The van der Waals surface area contributed by atoms with Crippen molar-refractivity contribution in [2.45, 2.75) is 33.3 Å². The summed E-state index contributed by atoms with van der Waals surface area (Å²) in [6.45, 7) is 7.94. The molecule has 0 spiro atoms. The average molecular weight is 281 g/mol. The van der Waals surface area contributed by atoms with Crippen LogP contribution in [-0.2, 0) is 0 Å². The van der Waals surface area contributed by atoms with Gasteiger partial charge in [-0.1, -0.05) is 20.8 Å². The molecule has 0 aliphatic rings. The lowest BCUT2D eigenvalue weighted by molar-refractivity contribution is 0.163. The first-order valence-electron chi connectivity index (χ1n) is 7.04. The third kappa shape index (κ3) is 4.69. The second-order valence-electron chi connectivity index (χ2n) is 5.77. The normalized spacial score (nSPS) is 13.1. The number of aliphatic hydroxyl groups excluding tert-OH is 1. The topological polar surface area (TPSA) is 50.7 Å². The van der Waals surface area contributed by atoms with E-state index in [1.165, 1.54) is 0 Å². The summed E-state index contributed by atoms with van der Waals surface area (Å²) in [5.41, 5.74) is 0.978. The van der Waals surface area contributed by atoms with Crippen LogP contribution in [0.2, 0.25) is 0 Å². The van der Waals surface area contributed by atoms with Gasteiger partial charge in [0.05, 0.1) is 20.3 Å². The lowest BCUT2D eigenvalue weighted by Crippen LogP contribution is -2.32. The van der Waals surface area contributed by atoms with Gasteiger partial charge < -0.3 is 19.9 Å². The molecule has 0 aromatic heterocycles. The number of nitrogens with one attached hydrogen (secondary N) is 1. The average Bonchev–Trinajstić information content (AvgIpc) is 2.46. The van der Waals surface area contributed by atoms with Gasteiger partial charge in [0.1, 0.15) is 11.5 Å². The molecule has 1 rings (SSSR count). The Hall–Kier alpha value is -1.26. The summed E-state index contributed by atoms with van der Waals surface area (Å²) in [6, 6.07) is 5.45. The van der Waals surface area contributed by atoms with Crippen LogP contribution in [-0.4, -0.2) is 32.4 Å². The molecular formula is C16H27NO3. The lowest BCUT2D eigenvalue weighted by atomic mass is 9.90. The summed E-state index contributed by atoms with van der Waals surface area (Å²) in [5, 5.41) is 13.6. The number of hydrogen-bond acceptors (Lipinski definition) is 4. The summed E-state index contributed by atoms with van der Waals surface area (Å²) in [6.07, 6.45) is 0.478. The maximum Gasteiger partial charge on any atom is 0.124 e. The molecule has 0 aliphatic heterocycles. The van der Waals surface area contributed by atoms with Crippen LogP contribution in [0.1, 0.15) is 38.9 Å². The van der Waals surface area contributed by atoms with E-state index in [0.29, 0.717) is 18.0 Å². The number of methoxy groups -OCH3 is 2. The van der Waals surface area contributed by atoms with Crippen molar-refractivity contribution >= 4 is 0 Å². The van der Waals surface area contributed by atoms with Crippen LogP contribution in [0.15, 0.2) is 18.2 Å². The summed E-state index contributed by atoms with van der Waals surface area (Å²) in [5.74, 6) is 1.39. The molecular weight excluding hydrogens is 254 g/mol. The van der Waals surface area contributed by atoms with Gasteiger partial charge in [0.25, 0.3) is 0 Å². The number of rotatable bonds is 8. The van der Waals surface area contributed by atoms with E-state index in [9.17, 15) is 5.11 Å². The molecule has 4 heteroatoms. The lowest BCUT2D eigenvalue weighted by Gasteiger charge is -2.24. The SMILES string of the molecule is CCC(C)(C)CNCC(O)c1cc(OC)ccc1OC. The molecule has 2 N–H and O–H groups in total. The van der Waals surface area contributed by atoms with E-state index in [4.69, 9.17) is 9.47 Å². The molecule has 0 bridgehead atoms. The van der Waals surface area contributed by atoms with E-state index in [0.717, 1.165) is 18.5 Å². The highest BCUT2D eigenvalue weighted by Gasteiger charge is 2.18. The van der Waals surface area contributed by atoms with Crippen LogP contribution in [0.5, 0.6) is 11.5 Å². The van der Waals surface area contributed by atoms with Gasteiger partial charge in [0, 0.05) is 18.7 Å². The van der Waals surface area contributed by atoms with Crippen molar-refractivity contribution in [3.05, 3.63) is 23.8 Å². The monoisotopic (exact) mass is 281 g/mol. The van der Waals surface area contributed by atoms with Crippen LogP contribution in [0, 0.1) is 5.41 Å². The molecule has 0 heterocycles. The zero-order chi connectivity index (χ0) is 15.2. The van der Waals surface area contributed by atoms with E-state index in [1.807, 2.05) is 18.2 Å². The molecule has 1 atom stereocenters. The highest BCUT2D eigenvalue weighted by atomic mass is 16.5. The Morgan fingerprint density at radius 2 is 1.95 bits per heavy atom. The Bertz CT molecular complexity index is 418. The number of hydrogen-bond donors (Lipinski definition) is 2. The fourth-order valence-electron chi connectivity index (χ4n) is 1.88. The van der Waals surface area contributed by atoms with Gasteiger partial charge in [0.2, 0.25) is 0 Å². The Balaban J connectivity index is 2.69. The maximum atomic E-state index is 10.3. The summed E-state index contributed by atoms with van der Waals surface area (Å²) >= 11 is 0. The third-order valence-corrected chi connectivity index (χ3v) is 3.69. The molecule has 0 saturated carbocycles. The zero-order valence-corrected chi connectivity index (χ0v) is 13.2. The highest BCUT2D eigenvalue weighted by molar-refractivity contribution is 5.41. The van der Waals surface area contributed by atoms with Crippen molar-refractivity contribution in [1.82, 2.24) is 5.32 Å². The molecule has 0 amide bonds. The molecule has 0 saturated heterocycles. The first-order chi connectivity index (χ1) is 9.43. The van der Waals surface area contributed by atoms with Gasteiger partial charge in [-0.2, -0.15) is 0 Å². The van der Waals surface area contributed by atoms with E-state index >= 15 is 0 Å². The molecule has 4 nitrogen and oxygen atoms in total. The van der Waals surface area contributed by atoms with Crippen LogP contribution < -0.4 is 14.8 Å². The summed E-state index contributed by atoms with van der Waals surface area (Å²) < 4.78 is 10.5. The minimum atomic E-state index is -0.618. The van der Waals surface area contributed by atoms with Gasteiger partial charge in [-0.25, -0.2) is 0 Å². The van der Waals surface area contributed by atoms with Gasteiger partial charge in [-0.15, -0.1) is 0 Å². The largest absolute Gasteiger partial charge is 0.497 e. The van der Waals surface area contributed by atoms with Crippen LogP contribution in [0.4, 0.5) is 0 Å². The standard InChI is InChI=1S/C16H27NO3/c1-6-16(2,3)11-17-10-14(18)13-9-12(19-4)7-8-15(13)20-5/h7-9,14,17-18H,6,10-11H2,1-5H3. The molecule has 114 valence electrons. The van der Waals surface area contributed by atoms with Gasteiger partial charge in [-0.05, 0) is 30.0 Å². The van der Waals surface area contributed by atoms with Crippen LogP contribution in [0.3, 0.4) is 0 Å². The Morgan fingerprint density at radius 1 is 1.25 bits per heavy atom. The molecule has 0 fully saturated rings. The molecule has 1 aromatic rings. The van der Waals surface area contributed by atoms with Crippen molar-refractivity contribution < 1.29 is 14.6 Å². The smallest absolute Gasteiger partial charge is 0.124 e. The number of benzene rings is 1. The minimum absolute atomic E-state index is 0.234. The maximum absolute atomic E-state index is 10.3. The zero-order valence-electron chi connectivity index (χ0n) is 13.2. The summed E-state index contributed by atoms with van der Waals surface area (Å²) in [7, 11) is 3.21. The number of aliphatic hydroxyl groups is 1. The van der Waals surface area contributed by atoms with Crippen LogP contribution >= 0.6 is 0 Å². The Labute approximate surface area is 122 Å². The number of ether oxygens (including phenoxy) is 2. The van der Waals surface area contributed by atoms with Crippen molar-refractivity contribution in [3.8, 4) is 11.5 Å². The van der Waals surface area contributed by atoms with Crippen molar-refractivity contribution in [2.75, 3.05) is 27.3 Å². The van der Waals surface area contributed by atoms with Crippen molar-refractivity contribution in [2.24, 2.45) is 5.41 Å². The quantitative estimate of drug-likeness (QED) is 0.769. The van der Waals surface area contributed by atoms with E-state index in [2.05, 4.69) is 26.1 Å². The van der Waals surface area contributed by atoms with Crippen LogP contribution in [0.25, 0.3) is 0 Å². The van der Waals surface area contributed by atoms with Gasteiger partial charge in [0.15, 0.2) is 0 Å². The predicted octanol–water partition coefficient (Wildman–Crippen LogP) is 2.76. The summed E-state index contributed by atoms with van der Waals surface area (Å²) in [4.78, 5) is 0. The minimum Gasteiger partial charge on any atom is -0.497 e. The molecule has 1 aromatic carbocycles. The first-order valence-corrected chi connectivity index (χ1v) is 7.04. The van der Waals surface area contributed by atoms with E-state index in [-0.39, 0.29) is 5.41 Å². The fourth-order valence-corrected chi connectivity index (χ4v) is 1.88. The van der Waals surface area contributed by atoms with Crippen molar-refractivity contribution in [1.29, 1.82) is 0 Å². The van der Waals surface area contributed by atoms with E-state index in [1.54, 1.807) is 14.2 Å².